The summed E-state index contributed by atoms with van der Waals surface area (Å²) in [7, 11) is 0. The number of fused-ring (bicyclic) bond motifs is 3. The fraction of sp³-hybridized carbons (Fsp3) is 0.619. The molecule has 0 aromatic heterocycles. The van der Waals surface area contributed by atoms with Crippen molar-refractivity contribution >= 4 is 0 Å². The zero-order chi connectivity index (χ0) is 17.5. The van der Waals surface area contributed by atoms with Gasteiger partial charge >= 0.3 is 0 Å². The molecule has 3 atom stereocenters. The van der Waals surface area contributed by atoms with Crippen LogP contribution in [0.15, 0.2) is 23.8 Å². The number of phenols is 1. The van der Waals surface area contributed by atoms with Crippen LogP contribution in [0.2, 0.25) is 0 Å². The molecule has 3 heteroatoms. The van der Waals surface area contributed by atoms with Crippen LogP contribution < -0.4 is 4.74 Å². The molecule has 0 fully saturated rings. The maximum atomic E-state index is 10.7. The van der Waals surface area contributed by atoms with Gasteiger partial charge in [0.2, 0.25) is 0 Å². The Morgan fingerprint density at radius 3 is 2.71 bits per heavy atom. The Balaban J connectivity index is 2.00. The fourth-order valence-corrected chi connectivity index (χ4v) is 4.55. The van der Waals surface area contributed by atoms with Gasteiger partial charge in [-0.05, 0) is 57.7 Å². The van der Waals surface area contributed by atoms with Crippen molar-refractivity contribution in [3.05, 3.63) is 34.9 Å². The van der Waals surface area contributed by atoms with Gasteiger partial charge in [-0.1, -0.05) is 31.4 Å². The highest BCUT2D eigenvalue weighted by Gasteiger charge is 2.49. The molecule has 2 aliphatic rings. The van der Waals surface area contributed by atoms with Gasteiger partial charge in [-0.25, -0.2) is 0 Å². The Morgan fingerprint density at radius 2 is 2.00 bits per heavy atom. The van der Waals surface area contributed by atoms with E-state index in [1.165, 1.54) is 18.4 Å². The lowest BCUT2D eigenvalue weighted by Gasteiger charge is -2.48. The third-order valence-electron chi connectivity index (χ3n) is 5.59. The van der Waals surface area contributed by atoms with Crippen LogP contribution in [0.1, 0.15) is 70.4 Å². The predicted octanol–water partition coefficient (Wildman–Crippen LogP) is 4.71. The van der Waals surface area contributed by atoms with E-state index in [0.29, 0.717) is 5.75 Å². The van der Waals surface area contributed by atoms with Crippen LogP contribution in [-0.2, 0) is 6.42 Å². The van der Waals surface area contributed by atoms with Gasteiger partial charge in [0.1, 0.15) is 17.1 Å². The van der Waals surface area contributed by atoms with Crippen LogP contribution in [0.4, 0.5) is 0 Å². The van der Waals surface area contributed by atoms with Gasteiger partial charge in [-0.15, -0.1) is 0 Å². The summed E-state index contributed by atoms with van der Waals surface area (Å²) in [6.45, 7) is 8.34. The summed E-state index contributed by atoms with van der Waals surface area (Å²) < 4.78 is 6.27. The van der Waals surface area contributed by atoms with Crippen LogP contribution in [0.25, 0.3) is 0 Å². The van der Waals surface area contributed by atoms with E-state index in [9.17, 15) is 10.2 Å². The first-order valence-electron chi connectivity index (χ1n) is 9.23. The summed E-state index contributed by atoms with van der Waals surface area (Å²) in [4.78, 5) is 0. The van der Waals surface area contributed by atoms with Gasteiger partial charge in [0.15, 0.2) is 0 Å². The molecule has 1 aliphatic carbocycles. The summed E-state index contributed by atoms with van der Waals surface area (Å²) >= 11 is 0. The molecule has 1 aromatic carbocycles. The molecule has 1 aliphatic heterocycles. The number of ether oxygens (including phenoxy) is 1. The second kappa shape index (κ2) is 6.44. The van der Waals surface area contributed by atoms with E-state index in [0.717, 1.165) is 36.1 Å². The molecular weight excluding hydrogens is 300 g/mol. The molecule has 3 rings (SSSR count). The quantitative estimate of drug-likeness (QED) is 0.621. The molecule has 0 bridgehead atoms. The molecule has 2 N–H and O–H groups in total. The lowest BCUT2D eigenvalue weighted by molar-refractivity contribution is -0.0457. The number of rotatable bonds is 4. The first-order valence-corrected chi connectivity index (χ1v) is 9.23. The number of aryl methyl sites for hydroxylation is 1. The van der Waals surface area contributed by atoms with Gasteiger partial charge in [0, 0.05) is 17.4 Å². The smallest absolute Gasteiger partial charge is 0.127 e. The van der Waals surface area contributed by atoms with Crippen LogP contribution in [0, 0.1) is 5.92 Å². The van der Waals surface area contributed by atoms with Crippen molar-refractivity contribution in [3.8, 4) is 11.5 Å². The largest absolute Gasteiger partial charge is 0.508 e. The maximum Gasteiger partial charge on any atom is 0.127 e. The summed E-state index contributed by atoms with van der Waals surface area (Å²) in [6, 6.07) is 4.00. The van der Waals surface area contributed by atoms with Crippen molar-refractivity contribution in [2.24, 2.45) is 5.92 Å². The number of phenolic OH excluding ortho intramolecular Hbond substituents is 1. The summed E-state index contributed by atoms with van der Waals surface area (Å²) in [6.07, 6.45) is 6.76. The Hall–Kier alpha value is -1.48. The van der Waals surface area contributed by atoms with E-state index in [1.807, 2.05) is 26.0 Å². The average molecular weight is 330 g/mol. The maximum absolute atomic E-state index is 10.7. The van der Waals surface area contributed by atoms with Crippen molar-refractivity contribution < 1.29 is 14.9 Å². The fourth-order valence-electron chi connectivity index (χ4n) is 4.55. The zero-order valence-corrected chi connectivity index (χ0v) is 15.3. The second-order valence-electron chi connectivity index (χ2n) is 8.03. The Labute approximate surface area is 145 Å². The minimum absolute atomic E-state index is 0.0365. The number of hydrogen-bond acceptors (Lipinski definition) is 3. The zero-order valence-electron chi connectivity index (χ0n) is 15.3. The molecule has 3 nitrogen and oxygen atoms in total. The molecule has 0 saturated heterocycles. The highest BCUT2D eigenvalue weighted by molar-refractivity contribution is 5.53. The summed E-state index contributed by atoms with van der Waals surface area (Å²) in [5, 5.41) is 21.3. The van der Waals surface area contributed by atoms with Crippen LogP contribution in [0.3, 0.4) is 0 Å². The van der Waals surface area contributed by atoms with Crippen LogP contribution in [0.5, 0.6) is 11.5 Å². The minimum Gasteiger partial charge on any atom is -0.508 e. The van der Waals surface area contributed by atoms with Crippen molar-refractivity contribution in [2.75, 3.05) is 0 Å². The molecule has 132 valence electrons. The Morgan fingerprint density at radius 1 is 1.25 bits per heavy atom. The Bertz CT molecular complexity index is 645. The number of aliphatic hydroxyl groups excluding tert-OH is 1. The van der Waals surface area contributed by atoms with E-state index in [2.05, 4.69) is 19.9 Å². The predicted molar refractivity (Wildman–Crippen MR) is 96.7 cm³/mol. The third-order valence-corrected chi connectivity index (χ3v) is 5.59. The van der Waals surface area contributed by atoms with Gasteiger partial charge in [-0.2, -0.15) is 0 Å². The monoisotopic (exact) mass is 330 g/mol. The molecule has 0 spiro atoms. The van der Waals surface area contributed by atoms with Crippen LogP contribution in [-0.4, -0.2) is 21.9 Å². The van der Waals surface area contributed by atoms with Gasteiger partial charge in [0.05, 0.1) is 6.10 Å². The van der Waals surface area contributed by atoms with Crippen molar-refractivity contribution in [1.82, 2.24) is 0 Å². The molecule has 1 heterocycles. The van der Waals surface area contributed by atoms with Crippen LogP contribution >= 0.6 is 0 Å². The Kier molecular flexibility index (Phi) is 4.65. The lowest BCUT2D eigenvalue weighted by atomic mass is 9.66. The molecule has 0 amide bonds. The van der Waals surface area contributed by atoms with E-state index < -0.39 is 11.7 Å². The summed E-state index contributed by atoms with van der Waals surface area (Å²) in [5.41, 5.74) is 2.74. The number of benzene rings is 1. The molecule has 0 unspecified atom stereocenters. The number of aromatic hydroxyl groups is 1. The first-order chi connectivity index (χ1) is 11.3. The molecule has 0 radical (unpaired) electrons. The van der Waals surface area contributed by atoms with Crippen molar-refractivity contribution in [1.29, 1.82) is 0 Å². The highest BCUT2D eigenvalue weighted by Crippen LogP contribution is 2.54. The van der Waals surface area contributed by atoms with E-state index in [1.54, 1.807) is 0 Å². The van der Waals surface area contributed by atoms with E-state index in [-0.39, 0.29) is 11.8 Å². The second-order valence-corrected chi connectivity index (χ2v) is 8.03. The normalized spacial score (nSPS) is 27.7. The lowest BCUT2D eigenvalue weighted by Crippen LogP contribution is -2.51. The number of hydrogen-bond donors (Lipinski definition) is 2. The van der Waals surface area contributed by atoms with E-state index in [4.69, 9.17) is 4.74 Å². The van der Waals surface area contributed by atoms with Gasteiger partial charge in [-0.3, -0.25) is 0 Å². The first kappa shape index (κ1) is 17.3. The van der Waals surface area contributed by atoms with Crippen molar-refractivity contribution in [2.45, 2.75) is 77.4 Å². The summed E-state index contributed by atoms with van der Waals surface area (Å²) in [5.74, 6) is 1.19. The number of unbranched alkanes of at least 4 members (excludes halogenated alkanes) is 2. The molecular formula is C21H30O3. The van der Waals surface area contributed by atoms with Gasteiger partial charge < -0.3 is 14.9 Å². The topological polar surface area (TPSA) is 49.7 Å². The number of allylic oxidation sites excluding steroid dienone is 1. The molecule has 24 heavy (non-hydrogen) atoms. The van der Waals surface area contributed by atoms with Gasteiger partial charge in [0.25, 0.3) is 0 Å². The van der Waals surface area contributed by atoms with Crippen molar-refractivity contribution in [3.63, 3.8) is 0 Å². The third kappa shape index (κ3) is 3.06. The number of aliphatic hydroxyl groups is 1. The molecule has 0 saturated carbocycles. The highest BCUT2D eigenvalue weighted by atomic mass is 16.5. The SMILES string of the molecule is CCCCCc1cc(O)c2c(c1)OC(C)(C)[C@@H]1[C@@H](O)C=C(C)C[C@@H]21. The minimum atomic E-state index is -0.532. The van der Waals surface area contributed by atoms with E-state index >= 15 is 0 Å². The standard InChI is InChI=1S/C21H30O3/c1-5-6-7-8-14-11-16(22)19-15-9-13(2)10-17(23)20(15)21(3,4)24-18(19)12-14/h10-12,15,17,20,22-23H,5-9H2,1-4H3/t15-,17-,20-/m0/s1. The molecule has 1 aromatic rings. The average Bonchev–Trinajstić information content (AvgIpc) is 2.44.